The van der Waals surface area contributed by atoms with Crippen molar-refractivity contribution in [1.82, 2.24) is 8.61 Å². The molecule has 1 aliphatic rings. The molecule has 0 aromatic carbocycles. The molecule has 0 aromatic heterocycles. The van der Waals surface area contributed by atoms with Crippen molar-refractivity contribution >= 4 is 16.2 Å². The number of hydrogen-bond acceptors (Lipinski definition) is 4. The van der Waals surface area contributed by atoms with Crippen molar-refractivity contribution in [3.05, 3.63) is 0 Å². The standard InChI is InChI=1S/C11H22N2O5S/c1-4-12(5-2)19(16,17)13(6-3)10-8-18-7-9(10)11(14)15/h9-10H,4-8H2,1-3H3,(H,14,15). The largest absolute Gasteiger partial charge is 0.481 e. The van der Waals surface area contributed by atoms with Crippen LogP contribution in [-0.2, 0) is 19.7 Å². The maximum absolute atomic E-state index is 12.5. The number of rotatable bonds is 7. The van der Waals surface area contributed by atoms with Gasteiger partial charge < -0.3 is 9.84 Å². The first-order valence-electron chi connectivity index (χ1n) is 6.47. The molecule has 1 aliphatic heterocycles. The fourth-order valence-electron chi connectivity index (χ4n) is 2.33. The van der Waals surface area contributed by atoms with Crippen LogP contribution in [0.25, 0.3) is 0 Å². The topological polar surface area (TPSA) is 87.2 Å². The molecule has 1 heterocycles. The van der Waals surface area contributed by atoms with Crippen LogP contribution in [0.3, 0.4) is 0 Å². The summed E-state index contributed by atoms with van der Waals surface area (Å²) in [4.78, 5) is 11.2. The van der Waals surface area contributed by atoms with Gasteiger partial charge in [-0.25, -0.2) is 0 Å². The van der Waals surface area contributed by atoms with Gasteiger partial charge in [0.25, 0.3) is 10.2 Å². The fourth-order valence-corrected chi connectivity index (χ4v) is 4.16. The van der Waals surface area contributed by atoms with Gasteiger partial charge in [0.05, 0.1) is 25.2 Å². The van der Waals surface area contributed by atoms with Crippen molar-refractivity contribution in [3.63, 3.8) is 0 Å². The van der Waals surface area contributed by atoms with E-state index in [4.69, 9.17) is 9.84 Å². The van der Waals surface area contributed by atoms with Crippen LogP contribution in [0.2, 0.25) is 0 Å². The fraction of sp³-hybridized carbons (Fsp3) is 0.909. The van der Waals surface area contributed by atoms with E-state index < -0.39 is 28.1 Å². The third kappa shape index (κ3) is 3.25. The van der Waals surface area contributed by atoms with Crippen molar-refractivity contribution < 1.29 is 23.1 Å². The van der Waals surface area contributed by atoms with Crippen LogP contribution in [0, 0.1) is 5.92 Å². The Morgan fingerprint density at radius 1 is 1.21 bits per heavy atom. The van der Waals surface area contributed by atoms with E-state index in [0.717, 1.165) is 0 Å². The van der Waals surface area contributed by atoms with Gasteiger partial charge in [0.15, 0.2) is 0 Å². The van der Waals surface area contributed by atoms with E-state index in [9.17, 15) is 13.2 Å². The Morgan fingerprint density at radius 3 is 2.21 bits per heavy atom. The van der Waals surface area contributed by atoms with Crippen LogP contribution in [0.5, 0.6) is 0 Å². The summed E-state index contributed by atoms with van der Waals surface area (Å²) in [7, 11) is -3.64. The minimum absolute atomic E-state index is 0.0598. The number of nitrogens with zero attached hydrogens (tertiary/aromatic N) is 2. The lowest BCUT2D eigenvalue weighted by Crippen LogP contribution is -2.52. The molecule has 0 bridgehead atoms. The summed E-state index contributed by atoms with van der Waals surface area (Å²) in [6.07, 6.45) is 0. The molecule has 1 N–H and O–H groups in total. The van der Waals surface area contributed by atoms with Crippen molar-refractivity contribution in [3.8, 4) is 0 Å². The Bertz CT molecular complexity index is 407. The van der Waals surface area contributed by atoms with Gasteiger partial charge >= 0.3 is 5.97 Å². The lowest BCUT2D eigenvalue weighted by Gasteiger charge is -2.32. The van der Waals surface area contributed by atoms with Crippen molar-refractivity contribution in [2.24, 2.45) is 5.92 Å². The molecule has 0 radical (unpaired) electrons. The Balaban J connectivity index is 3.03. The predicted molar refractivity (Wildman–Crippen MR) is 70.0 cm³/mol. The third-order valence-corrected chi connectivity index (χ3v) is 5.67. The second-order valence-corrected chi connectivity index (χ2v) is 6.23. The Kier molecular flexibility index (Phi) is 5.72. The summed E-state index contributed by atoms with van der Waals surface area (Å²) < 4.78 is 32.7. The highest BCUT2D eigenvalue weighted by molar-refractivity contribution is 7.86. The summed E-state index contributed by atoms with van der Waals surface area (Å²) in [5, 5.41) is 9.13. The molecule has 0 aliphatic carbocycles. The third-order valence-electron chi connectivity index (χ3n) is 3.38. The smallest absolute Gasteiger partial charge is 0.310 e. The van der Waals surface area contributed by atoms with Crippen molar-refractivity contribution in [1.29, 1.82) is 0 Å². The van der Waals surface area contributed by atoms with E-state index in [1.807, 2.05) is 0 Å². The summed E-state index contributed by atoms with van der Waals surface area (Å²) >= 11 is 0. The van der Waals surface area contributed by atoms with Crippen LogP contribution in [0.4, 0.5) is 0 Å². The molecular formula is C11H22N2O5S. The number of ether oxygens (including phenoxy) is 1. The zero-order valence-corrected chi connectivity index (χ0v) is 12.4. The number of hydrogen-bond donors (Lipinski definition) is 1. The highest BCUT2D eigenvalue weighted by Gasteiger charge is 2.43. The van der Waals surface area contributed by atoms with Gasteiger partial charge in [-0.2, -0.15) is 17.0 Å². The minimum Gasteiger partial charge on any atom is -0.481 e. The molecule has 8 heteroatoms. The summed E-state index contributed by atoms with van der Waals surface area (Å²) in [6.45, 7) is 6.37. The molecule has 2 unspecified atom stereocenters. The first-order chi connectivity index (χ1) is 8.89. The Labute approximate surface area is 114 Å². The maximum atomic E-state index is 12.5. The van der Waals surface area contributed by atoms with Crippen molar-refractivity contribution in [2.75, 3.05) is 32.8 Å². The second kappa shape index (κ2) is 6.65. The van der Waals surface area contributed by atoms with Gasteiger partial charge in [-0.15, -0.1) is 0 Å². The Hall–Kier alpha value is -0.700. The SMILES string of the molecule is CCN(CC)S(=O)(=O)N(CC)C1COCC1C(=O)O. The predicted octanol–water partition coefficient (Wildman–Crippen LogP) is -0.00550. The zero-order chi connectivity index (χ0) is 14.6. The molecule has 1 fully saturated rings. The second-order valence-electron chi connectivity index (χ2n) is 4.34. The van der Waals surface area contributed by atoms with E-state index in [1.54, 1.807) is 20.8 Å². The molecule has 1 saturated heterocycles. The van der Waals surface area contributed by atoms with E-state index in [1.165, 1.54) is 8.61 Å². The normalized spacial score (nSPS) is 24.3. The van der Waals surface area contributed by atoms with Gasteiger partial charge in [-0.1, -0.05) is 20.8 Å². The molecule has 7 nitrogen and oxygen atoms in total. The first-order valence-corrected chi connectivity index (χ1v) is 7.87. The first kappa shape index (κ1) is 16.4. The molecule has 0 saturated carbocycles. The maximum Gasteiger partial charge on any atom is 0.310 e. The van der Waals surface area contributed by atoms with Gasteiger partial charge in [-0.05, 0) is 0 Å². The highest BCUT2D eigenvalue weighted by Crippen LogP contribution is 2.24. The van der Waals surface area contributed by atoms with Gasteiger partial charge in [0.2, 0.25) is 0 Å². The number of likely N-dealkylation sites (N-methyl/N-ethyl adjacent to an activating group) is 1. The van der Waals surface area contributed by atoms with E-state index >= 15 is 0 Å². The number of carboxylic acids is 1. The number of carbonyl (C=O) groups is 1. The quantitative estimate of drug-likeness (QED) is 0.714. The van der Waals surface area contributed by atoms with Crippen LogP contribution in [-0.4, -0.2) is 67.0 Å². The van der Waals surface area contributed by atoms with E-state index in [2.05, 4.69) is 0 Å². The van der Waals surface area contributed by atoms with Crippen molar-refractivity contribution in [2.45, 2.75) is 26.8 Å². The molecule has 19 heavy (non-hydrogen) atoms. The van der Waals surface area contributed by atoms with E-state index in [0.29, 0.717) is 13.1 Å². The van der Waals surface area contributed by atoms with E-state index in [-0.39, 0.29) is 19.8 Å². The number of carboxylic acid groups (broad SMARTS) is 1. The summed E-state index contributed by atoms with van der Waals surface area (Å²) in [6, 6.07) is -0.631. The molecular weight excluding hydrogens is 272 g/mol. The lowest BCUT2D eigenvalue weighted by molar-refractivity contribution is -0.142. The minimum atomic E-state index is -3.64. The van der Waals surface area contributed by atoms with Crippen LogP contribution in [0.1, 0.15) is 20.8 Å². The summed E-state index contributed by atoms with van der Waals surface area (Å²) in [5.74, 6) is -1.82. The van der Waals surface area contributed by atoms with Gasteiger partial charge in [0, 0.05) is 19.6 Å². The van der Waals surface area contributed by atoms with Gasteiger partial charge in [-0.3, -0.25) is 4.79 Å². The number of aliphatic carboxylic acids is 1. The average Bonchev–Trinajstić information content (AvgIpc) is 2.79. The van der Waals surface area contributed by atoms with Crippen LogP contribution >= 0.6 is 0 Å². The van der Waals surface area contributed by atoms with Gasteiger partial charge in [0.1, 0.15) is 0 Å². The molecule has 0 amide bonds. The average molecular weight is 294 g/mol. The monoisotopic (exact) mass is 294 g/mol. The Morgan fingerprint density at radius 2 is 1.79 bits per heavy atom. The lowest BCUT2D eigenvalue weighted by atomic mass is 10.0. The zero-order valence-electron chi connectivity index (χ0n) is 11.6. The molecule has 1 rings (SSSR count). The molecule has 2 atom stereocenters. The summed E-state index contributed by atoms with van der Waals surface area (Å²) in [5.41, 5.74) is 0. The van der Waals surface area contributed by atoms with Crippen LogP contribution in [0.15, 0.2) is 0 Å². The highest BCUT2D eigenvalue weighted by atomic mass is 32.2. The molecule has 0 aromatic rings. The van der Waals surface area contributed by atoms with Crippen LogP contribution < -0.4 is 0 Å². The molecule has 112 valence electrons. The molecule has 0 spiro atoms.